The Hall–Kier alpha value is -1.03. The number of nitrogens with zero attached hydrogens (tertiary/aromatic N) is 1. The van der Waals surface area contributed by atoms with Crippen molar-refractivity contribution in [1.82, 2.24) is 10.6 Å². The van der Waals surface area contributed by atoms with Crippen LogP contribution in [-0.2, 0) is 6.54 Å². The molecule has 1 aliphatic rings. The highest BCUT2D eigenvalue weighted by molar-refractivity contribution is 9.10. The van der Waals surface area contributed by atoms with E-state index < -0.39 is 0 Å². The van der Waals surface area contributed by atoms with Gasteiger partial charge in [-0.25, -0.2) is 0 Å². The van der Waals surface area contributed by atoms with E-state index in [4.69, 9.17) is 0 Å². The SMILES string of the molecule is CN=C(NCc1cccc(Br)c1)NC1CCCC1. The highest BCUT2D eigenvalue weighted by Gasteiger charge is 2.15. The number of benzene rings is 1. The second kappa shape index (κ2) is 6.78. The Morgan fingerprint density at radius 3 is 2.83 bits per heavy atom. The smallest absolute Gasteiger partial charge is 0.191 e. The zero-order valence-corrected chi connectivity index (χ0v) is 12.3. The van der Waals surface area contributed by atoms with Crippen molar-refractivity contribution in [3.63, 3.8) is 0 Å². The first-order chi connectivity index (χ1) is 8.78. The molecule has 98 valence electrons. The van der Waals surface area contributed by atoms with Gasteiger partial charge in [0.2, 0.25) is 0 Å². The monoisotopic (exact) mass is 309 g/mol. The van der Waals surface area contributed by atoms with Crippen molar-refractivity contribution in [3.8, 4) is 0 Å². The summed E-state index contributed by atoms with van der Waals surface area (Å²) in [7, 11) is 1.82. The Kier molecular flexibility index (Phi) is 5.05. The fourth-order valence-electron chi connectivity index (χ4n) is 2.29. The van der Waals surface area contributed by atoms with Crippen molar-refractivity contribution in [2.45, 2.75) is 38.3 Å². The molecule has 18 heavy (non-hydrogen) atoms. The molecule has 1 saturated carbocycles. The molecule has 0 spiro atoms. The van der Waals surface area contributed by atoms with E-state index in [-0.39, 0.29) is 0 Å². The Balaban J connectivity index is 1.83. The van der Waals surface area contributed by atoms with Crippen LogP contribution in [0.5, 0.6) is 0 Å². The number of rotatable bonds is 3. The Morgan fingerprint density at radius 1 is 1.39 bits per heavy atom. The topological polar surface area (TPSA) is 36.4 Å². The van der Waals surface area contributed by atoms with Gasteiger partial charge < -0.3 is 10.6 Å². The van der Waals surface area contributed by atoms with Crippen molar-refractivity contribution >= 4 is 21.9 Å². The minimum atomic E-state index is 0.596. The standard InChI is InChI=1S/C14H20BrN3/c1-16-14(18-13-7-2-3-8-13)17-10-11-5-4-6-12(15)9-11/h4-6,9,13H,2-3,7-8,10H2,1H3,(H2,16,17,18). The first-order valence-electron chi connectivity index (χ1n) is 6.49. The van der Waals surface area contributed by atoms with Crippen LogP contribution in [0.2, 0.25) is 0 Å². The average Bonchev–Trinajstić information content (AvgIpc) is 2.87. The van der Waals surface area contributed by atoms with Gasteiger partial charge in [-0.05, 0) is 30.5 Å². The van der Waals surface area contributed by atoms with Crippen molar-refractivity contribution in [2.75, 3.05) is 7.05 Å². The van der Waals surface area contributed by atoms with Gasteiger partial charge in [-0.15, -0.1) is 0 Å². The van der Waals surface area contributed by atoms with Gasteiger partial charge in [0.25, 0.3) is 0 Å². The highest BCUT2D eigenvalue weighted by atomic mass is 79.9. The molecule has 1 aliphatic carbocycles. The van der Waals surface area contributed by atoms with E-state index in [0.29, 0.717) is 6.04 Å². The minimum absolute atomic E-state index is 0.596. The first kappa shape index (κ1) is 13.4. The molecule has 0 radical (unpaired) electrons. The van der Waals surface area contributed by atoms with Crippen molar-refractivity contribution in [1.29, 1.82) is 0 Å². The van der Waals surface area contributed by atoms with Gasteiger partial charge in [0.05, 0.1) is 0 Å². The van der Waals surface area contributed by atoms with Crippen molar-refractivity contribution < 1.29 is 0 Å². The molecule has 2 N–H and O–H groups in total. The largest absolute Gasteiger partial charge is 0.354 e. The second-order valence-corrected chi connectivity index (χ2v) is 5.60. The lowest BCUT2D eigenvalue weighted by Crippen LogP contribution is -2.41. The third kappa shape index (κ3) is 4.02. The van der Waals surface area contributed by atoms with Crippen LogP contribution in [0.3, 0.4) is 0 Å². The summed E-state index contributed by atoms with van der Waals surface area (Å²) in [5.74, 6) is 0.905. The molecular formula is C14H20BrN3. The number of guanidine groups is 1. The van der Waals surface area contributed by atoms with Gasteiger partial charge >= 0.3 is 0 Å². The van der Waals surface area contributed by atoms with E-state index in [1.807, 2.05) is 19.2 Å². The molecule has 1 aromatic rings. The predicted octanol–water partition coefficient (Wildman–Crippen LogP) is 3.06. The number of hydrogen-bond donors (Lipinski definition) is 2. The maximum Gasteiger partial charge on any atom is 0.191 e. The number of aliphatic imine (C=N–C) groups is 1. The van der Waals surface area contributed by atoms with E-state index >= 15 is 0 Å². The molecule has 0 atom stereocenters. The van der Waals surface area contributed by atoms with Gasteiger partial charge in [0.15, 0.2) is 5.96 Å². The summed E-state index contributed by atoms with van der Waals surface area (Å²) < 4.78 is 1.11. The summed E-state index contributed by atoms with van der Waals surface area (Å²) in [5, 5.41) is 6.84. The maximum absolute atomic E-state index is 4.27. The molecule has 0 amide bonds. The maximum atomic E-state index is 4.27. The Labute approximate surface area is 117 Å². The summed E-state index contributed by atoms with van der Waals surface area (Å²) in [6, 6.07) is 8.92. The molecule has 1 fully saturated rings. The van der Waals surface area contributed by atoms with Crippen LogP contribution < -0.4 is 10.6 Å². The fraction of sp³-hybridized carbons (Fsp3) is 0.500. The highest BCUT2D eigenvalue weighted by Crippen LogP contribution is 2.17. The van der Waals surface area contributed by atoms with Crippen LogP contribution in [0.4, 0.5) is 0 Å². The molecule has 4 heteroatoms. The Bertz CT molecular complexity index is 411. The molecule has 0 heterocycles. The molecular weight excluding hydrogens is 290 g/mol. The number of hydrogen-bond acceptors (Lipinski definition) is 1. The van der Waals surface area contributed by atoms with Crippen LogP contribution >= 0.6 is 15.9 Å². The molecule has 2 rings (SSSR count). The predicted molar refractivity (Wildman–Crippen MR) is 79.7 cm³/mol. The number of halogens is 1. The van der Waals surface area contributed by atoms with Gasteiger partial charge in [0, 0.05) is 24.1 Å². The van der Waals surface area contributed by atoms with Gasteiger partial charge in [0.1, 0.15) is 0 Å². The molecule has 0 aromatic heterocycles. The zero-order chi connectivity index (χ0) is 12.8. The fourth-order valence-corrected chi connectivity index (χ4v) is 2.74. The minimum Gasteiger partial charge on any atom is -0.354 e. The molecule has 0 saturated heterocycles. The van der Waals surface area contributed by atoms with E-state index in [1.54, 1.807) is 0 Å². The summed E-state index contributed by atoms with van der Waals surface area (Å²) in [6.07, 6.45) is 5.19. The molecule has 0 aliphatic heterocycles. The Morgan fingerprint density at radius 2 is 2.17 bits per heavy atom. The molecule has 0 unspecified atom stereocenters. The second-order valence-electron chi connectivity index (χ2n) is 4.68. The lowest BCUT2D eigenvalue weighted by atomic mass is 10.2. The molecule has 0 bridgehead atoms. The van der Waals surface area contributed by atoms with E-state index in [9.17, 15) is 0 Å². The summed E-state index contributed by atoms with van der Waals surface area (Å²) in [6.45, 7) is 0.797. The lowest BCUT2D eigenvalue weighted by molar-refractivity contribution is 0.613. The zero-order valence-electron chi connectivity index (χ0n) is 10.7. The van der Waals surface area contributed by atoms with Gasteiger partial charge in [-0.3, -0.25) is 4.99 Å². The van der Waals surface area contributed by atoms with Crippen LogP contribution in [0.15, 0.2) is 33.7 Å². The number of nitrogens with one attached hydrogen (secondary N) is 2. The normalized spacial score (nSPS) is 16.9. The van der Waals surface area contributed by atoms with Gasteiger partial charge in [-0.1, -0.05) is 40.9 Å². The average molecular weight is 310 g/mol. The first-order valence-corrected chi connectivity index (χ1v) is 7.29. The summed E-state index contributed by atoms with van der Waals surface area (Å²) >= 11 is 3.48. The van der Waals surface area contributed by atoms with E-state index in [0.717, 1.165) is 17.0 Å². The summed E-state index contributed by atoms with van der Waals surface area (Å²) in [4.78, 5) is 4.27. The summed E-state index contributed by atoms with van der Waals surface area (Å²) in [5.41, 5.74) is 1.25. The van der Waals surface area contributed by atoms with E-state index in [1.165, 1.54) is 31.2 Å². The van der Waals surface area contributed by atoms with Crippen LogP contribution in [0.25, 0.3) is 0 Å². The van der Waals surface area contributed by atoms with E-state index in [2.05, 4.69) is 43.7 Å². The molecule has 1 aromatic carbocycles. The molecule has 3 nitrogen and oxygen atoms in total. The van der Waals surface area contributed by atoms with Gasteiger partial charge in [-0.2, -0.15) is 0 Å². The lowest BCUT2D eigenvalue weighted by Gasteiger charge is -2.16. The third-order valence-corrected chi connectivity index (χ3v) is 3.76. The van der Waals surface area contributed by atoms with Crippen molar-refractivity contribution in [2.24, 2.45) is 4.99 Å². The van der Waals surface area contributed by atoms with Crippen LogP contribution in [-0.4, -0.2) is 19.0 Å². The third-order valence-electron chi connectivity index (χ3n) is 3.27. The van der Waals surface area contributed by atoms with Crippen LogP contribution in [0, 0.1) is 0 Å². The van der Waals surface area contributed by atoms with Crippen LogP contribution in [0.1, 0.15) is 31.2 Å². The van der Waals surface area contributed by atoms with Crippen molar-refractivity contribution in [3.05, 3.63) is 34.3 Å². The quantitative estimate of drug-likeness (QED) is 0.665.